The van der Waals surface area contributed by atoms with E-state index in [9.17, 15) is 52.7 Å². The van der Waals surface area contributed by atoms with Crippen LogP contribution < -0.4 is 0 Å². The van der Waals surface area contributed by atoms with Crippen LogP contribution in [0.3, 0.4) is 0 Å². The third-order valence-corrected chi connectivity index (χ3v) is 4.94. The number of hydrogen-bond acceptors (Lipinski definition) is 0. The van der Waals surface area contributed by atoms with Crippen molar-refractivity contribution < 1.29 is 52.7 Å². The van der Waals surface area contributed by atoms with Gasteiger partial charge in [0.2, 0.25) is 0 Å². The molecule has 0 saturated carbocycles. The molecule has 0 bridgehead atoms. The summed E-state index contributed by atoms with van der Waals surface area (Å²) in [4.78, 5) is 0. The van der Waals surface area contributed by atoms with Crippen molar-refractivity contribution in [2.75, 3.05) is 0 Å². The van der Waals surface area contributed by atoms with Crippen LogP contribution in [0, 0.1) is 0 Å². The van der Waals surface area contributed by atoms with Gasteiger partial charge in [0, 0.05) is 0 Å². The van der Waals surface area contributed by atoms with Crippen molar-refractivity contribution in [1.82, 2.24) is 0 Å². The molecule has 0 nitrogen and oxygen atoms in total. The van der Waals surface area contributed by atoms with Crippen LogP contribution in [0.1, 0.15) is 0 Å². The molecular weight excluding hydrogens is 537 g/mol. The average molecular weight is 537 g/mol. The number of halogens is 18. The SMILES string of the molecule is FC(Cl)(Cl)C(F)(F)[C@@](F)(Cl)C(F)(F)[C@](F)(Cl)C(F)(F)[C@@](F)(Cl)C(F)(F)Cl. The first-order valence-electron chi connectivity index (χ1n) is 5.15. The van der Waals surface area contributed by atoms with E-state index in [0.717, 1.165) is 0 Å². The summed E-state index contributed by atoms with van der Waals surface area (Å²) in [6.45, 7) is 0. The van der Waals surface area contributed by atoms with E-state index < -0.39 is 43.1 Å². The lowest BCUT2D eigenvalue weighted by Crippen LogP contribution is -2.72. The third-order valence-electron chi connectivity index (χ3n) is 2.68. The largest absolute Gasteiger partial charge is 0.375 e. The summed E-state index contributed by atoms with van der Waals surface area (Å²) in [5.74, 6) is -21.1. The Bertz CT molecular complexity index is 485. The second kappa shape index (κ2) is 6.72. The fourth-order valence-corrected chi connectivity index (χ4v) is 2.37. The standard InChI is InChI=1S/C8Cl6F12/c9-1(15,5(20,21)3(11,17)8(14,25)26)4(18,19)2(10,16)6(22,23)7(12,13)24/t1-,2-,3+/m1/s1. The van der Waals surface area contributed by atoms with Gasteiger partial charge in [-0.25, -0.2) is 17.6 Å². The molecule has 158 valence electrons. The summed E-state index contributed by atoms with van der Waals surface area (Å²) >= 11 is 23.6. The molecule has 0 aromatic rings. The molecule has 0 rings (SSSR count). The van der Waals surface area contributed by atoms with Crippen LogP contribution in [0.15, 0.2) is 0 Å². The fourth-order valence-electron chi connectivity index (χ4n) is 1.14. The molecule has 0 amide bonds. The zero-order chi connectivity index (χ0) is 22.0. The summed E-state index contributed by atoms with van der Waals surface area (Å²) in [6, 6.07) is 0. The Morgan fingerprint density at radius 1 is 0.346 bits per heavy atom. The lowest BCUT2D eigenvalue weighted by molar-refractivity contribution is -0.312. The first-order valence-corrected chi connectivity index (χ1v) is 7.42. The highest BCUT2D eigenvalue weighted by molar-refractivity contribution is 6.48. The maximum Gasteiger partial charge on any atom is 0.375 e. The van der Waals surface area contributed by atoms with Gasteiger partial charge in [-0.15, -0.1) is 0 Å². The van der Waals surface area contributed by atoms with E-state index in [0.29, 0.717) is 0 Å². The van der Waals surface area contributed by atoms with Crippen molar-refractivity contribution in [2.24, 2.45) is 0 Å². The lowest BCUT2D eigenvalue weighted by atomic mass is 9.95. The predicted octanol–water partition coefficient (Wildman–Crippen LogP) is 7.54. The topological polar surface area (TPSA) is 0 Å². The molecule has 0 unspecified atom stereocenters. The molecule has 0 heterocycles. The third kappa shape index (κ3) is 3.48. The molecule has 18 heteroatoms. The molecule has 26 heavy (non-hydrogen) atoms. The predicted molar refractivity (Wildman–Crippen MR) is 70.3 cm³/mol. The maximum absolute atomic E-state index is 13.8. The molecule has 0 aliphatic heterocycles. The maximum atomic E-state index is 13.8. The molecule has 3 atom stereocenters. The van der Waals surface area contributed by atoms with Gasteiger partial charge in [-0.05, 0) is 11.6 Å². The van der Waals surface area contributed by atoms with Gasteiger partial charge >= 0.3 is 43.1 Å². The van der Waals surface area contributed by atoms with E-state index in [1.807, 2.05) is 0 Å². The number of hydrogen-bond donors (Lipinski definition) is 0. The Morgan fingerprint density at radius 2 is 0.577 bits per heavy atom. The van der Waals surface area contributed by atoms with E-state index in [1.54, 1.807) is 0 Å². The molecular formula is C8Cl6F12. The summed E-state index contributed by atoms with van der Waals surface area (Å²) in [7, 11) is 0. The zero-order valence-corrected chi connectivity index (χ0v) is 15.3. The van der Waals surface area contributed by atoms with Crippen LogP contribution in [-0.2, 0) is 0 Å². The molecule has 0 saturated heterocycles. The Balaban J connectivity index is 6.61. The number of alkyl halides is 18. The van der Waals surface area contributed by atoms with Crippen molar-refractivity contribution in [1.29, 1.82) is 0 Å². The summed E-state index contributed by atoms with van der Waals surface area (Å²) < 4.78 is 154. The van der Waals surface area contributed by atoms with Gasteiger partial charge in [0.15, 0.2) is 0 Å². The monoisotopic (exact) mass is 534 g/mol. The number of rotatable bonds is 7. The van der Waals surface area contributed by atoms with Crippen LogP contribution in [-0.4, -0.2) is 43.1 Å². The van der Waals surface area contributed by atoms with Crippen LogP contribution in [0.2, 0.25) is 0 Å². The average Bonchev–Trinajstić information content (AvgIpc) is 2.34. The van der Waals surface area contributed by atoms with E-state index in [2.05, 4.69) is 69.6 Å². The minimum absolute atomic E-state index is 3.77. The Labute approximate surface area is 165 Å². The summed E-state index contributed by atoms with van der Waals surface area (Å²) in [5, 5.41) is -26.0. The molecule has 0 aliphatic carbocycles. The van der Waals surface area contributed by atoms with Gasteiger partial charge in [0.05, 0.1) is 0 Å². The Morgan fingerprint density at radius 3 is 0.808 bits per heavy atom. The smallest absolute Gasteiger partial charge is 0.212 e. The van der Waals surface area contributed by atoms with Crippen LogP contribution in [0.25, 0.3) is 0 Å². The van der Waals surface area contributed by atoms with Gasteiger partial charge in [-0.1, -0.05) is 58.0 Å². The second-order valence-electron chi connectivity index (χ2n) is 4.44. The van der Waals surface area contributed by atoms with Gasteiger partial charge in [0.1, 0.15) is 0 Å². The highest BCUT2D eigenvalue weighted by Gasteiger charge is 2.91. The Kier molecular flexibility index (Phi) is 6.95. The van der Waals surface area contributed by atoms with E-state index in [-0.39, 0.29) is 0 Å². The van der Waals surface area contributed by atoms with Crippen molar-refractivity contribution >= 4 is 69.6 Å². The first kappa shape index (κ1) is 26.9. The first-order chi connectivity index (χ1) is 10.8. The highest BCUT2D eigenvalue weighted by atomic mass is 35.5. The molecule has 0 aromatic heterocycles. The second-order valence-corrected chi connectivity index (χ2v) is 7.71. The zero-order valence-electron chi connectivity index (χ0n) is 10.8. The molecule has 0 spiro atoms. The molecule has 0 fully saturated rings. The van der Waals surface area contributed by atoms with Gasteiger partial charge in [-0.2, -0.15) is 35.1 Å². The van der Waals surface area contributed by atoms with Gasteiger partial charge in [0.25, 0.3) is 0 Å². The van der Waals surface area contributed by atoms with Crippen molar-refractivity contribution in [3.05, 3.63) is 0 Å². The van der Waals surface area contributed by atoms with E-state index in [4.69, 9.17) is 0 Å². The summed E-state index contributed by atoms with van der Waals surface area (Å²) in [5.41, 5.74) is 0. The van der Waals surface area contributed by atoms with Gasteiger partial charge < -0.3 is 0 Å². The van der Waals surface area contributed by atoms with Crippen LogP contribution in [0.4, 0.5) is 52.7 Å². The van der Waals surface area contributed by atoms with Crippen molar-refractivity contribution in [2.45, 2.75) is 43.1 Å². The van der Waals surface area contributed by atoms with Gasteiger partial charge in [-0.3, -0.25) is 0 Å². The molecule has 0 aliphatic rings. The van der Waals surface area contributed by atoms with Crippen LogP contribution in [0.5, 0.6) is 0 Å². The fraction of sp³-hybridized carbons (Fsp3) is 1.00. The van der Waals surface area contributed by atoms with E-state index >= 15 is 0 Å². The molecule has 0 radical (unpaired) electrons. The minimum atomic E-state index is -7.29. The minimum Gasteiger partial charge on any atom is -0.212 e. The highest BCUT2D eigenvalue weighted by Crippen LogP contribution is 2.66. The Hall–Kier alpha value is 0.900. The molecule has 0 N–H and O–H groups in total. The quantitative estimate of drug-likeness (QED) is 0.233. The summed E-state index contributed by atoms with van der Waals surface area (Å²) in [6.07, 6.45) is 0. The van der Waals surface area contributed by atoms with Crippen molar-refractivity contribution in [3.8, 4) is 0 Å². The lowest BCUT2D eigenvalue weighted by Gasteiger charge is -2.44. The van der Waals surface area contributed by atoms with Crippen LogP contribution >= 0.6 is 69.6 Å². The van der Waals surface area contributed by atoms with Crippen molar-refractivity contribution in [3.63, 3.8) is 0 Å². The normalized spacial score (nSPS) is 22.4. The molecule has 0 aromatic carbocycles. The van der Waals surface area contributed by atoms with E-state index in [1.165, 1.54) is 0 Å².